The number of benzene rings is 2. The molecule has 0 unspecified atom stereocenters. The summed E-state index contributed by atoms with van der Waals surface area (Å²) in [6.07, 6.45) is 0. The van der Waals surface area contributed by atoms with E-state index >= 15 is 0 Å². The molecule has 140 valence electrons. The van der Waals surface area contributed by atoms with Crippen LogP contribution in [-0.2, 0) is 9.84 Å². The van der Waals surface area contributed by atoms with Crippen molar-refractivity contribution >= 4 is 27.1 Å². The number of amides is 1. The number of hydrogen-bond acceptors (Lipinski definition) is 4. The molecule has 2 aromatic carbocycles. The van der Waals surface area contributed by atoms with Gasteiger partial charge in [0.25, 0.3) is 5.91 Å². The van der Waals surface area contributed by atoms with Crippen LogP contribution in [0.4, 0.5) is 4.39 Å². The van der Waals surface area contributed by atoms with Gasteiger partial charge < -0.3 is 5.32 Å². The Morgan fingerprint density at radius 2 is 1.78 bits per heavy atom. The highest BCUT2D eigenvalue weighted by molar-refractivity contribution is 7.93. The molecule has 1 heterocycles. The summed E-state index contributed by atoms with van der Waals surface area (Å²) >= 11 is 1.11. The molecule has 0 radical (unpaired) electrons. The van der Waals surface area contributed by atoms with E-state index in [-0.39, 0.29) is 16.7 Å². The summed E-state index contributed by atoms with van der Waals surface area (Å²) in [6.45, 7) is 1.70. The molecule has 1 amide bonds. The Balaban J connectivity index is 1.90. The van der Waals surface area contributed by atoms with Gasteiger partial charge in [0.05, 0.1) is 0 Å². The van der Waals surface area contributed by atoms with E-state index in [4.69, 9.17) is 0 Å². The van der Waals surface area contributed by atoms with Crippen molar-refractivity contribution in [1.82, 2.24) is 5.32 Å². The van der Waals surface area contributed by atoms with Gasteiger partial charge >= 0.3 is 0 Å². The monoisotopic (exact) mass is 403 g/mol. The number of sulfone groups is 1. The maximum absolute atomic E-state index is 13.3. The van der Waals surface area contributed by atoms with Gasteiger partial charge in [-0.25, -0.2) is 12.8 Å². The zero-order valence-electron chi connectivity index (χ0n) is 14.6. The topological polar surface area (TPSA) is 63.2 Å². The highest BCUT2D eigenvalue weighted by Gasteiger charge is 2.30. The van der Waals surface area contributed by atoms with Gasteiger partial charge in [-0.3, -0.25) is 4.79 Å². The molecule has 7 heteroatoms. The summed E-state index contributed by atoms with van der Waals surface area (Å²) < 4.78 is 39.6. The van der Waals surface area contributed by atoms with Crippen molar-refractivity contribution in [1.29, 1.82) is 0 Å². The number of thiophene rings is 1. The third-order valence-corrected chi connectivity index (χ3v) is 7.76. The molecule has 0 aliphatic carbocycles. The largest absolute Gasteiger partial charge is 0.350 e. The molecule has 0 bridgehead atoms. The second-order valence-corrected chi connectivity index (χ2v) is 9.35. The van der Waals surface area contributed by atoms with Crippen LogP contribution in [0.1, 0.15) is 26.7 Å². The number of hydrogen-bond donors (Lipinski definition) is 1. The van der Waals surface area contributed by atoms with Crippen LogP contribution in [0.3, 0.4) is 0 Å². The highest BCUT2D eigenvalue weighted by Crippen LogP contribution is 2.31. The second kappa shape index (κ2) is 8.02. The first-order valence-corrected chi connectivity index (χ1v) is 10.7. The highest BCUT2D eigenvalue weighted by atomic mass is 32.2. The molecule has 1 aromatic heterocycles. The fraction of sp³-hybridized carbons (Fsp3) is 0.150. The second-order valence-electron chi connectivity index (χ2n) is 6.04. The third-order valence-electron chi connectivity index (χ3n) is 4.23. The quantitative estimate of drug-likeness (QED) is 0.673. The SMILES string of the molecule is Cc1ccccc1C(=O)NC[C@@H](c1ccc(F)cc1)S(=O)(=O)c1cccs1. The number of carbonyl (C=O) groups is 1. The number of carbonyl (C=O) groups excluding carboxylic acids is 1. The molecule has 3 rings (SSSR count). The summed E-state index contributed by atoms with van der Waals surface area (Å²) in [5.74, 6) is -0.795. The van der Waals surface area contributed by atoms with Crippen molar-refractivity contribution in [2.45, 2.75) is 16.4 Å². The lowest BCUT2D eigenvalue weighted by atomic mass is 10.1. The predicted molar refractivity (Wildman–Crippen MR) is 104 cm³/mol. The van der Waals surface area contributed by atoms with Crippen molar-refractivity contribution in [3.8, 4) is 0 Å². The van der Waals surface area contributed by atoms with Gasteiger partial charge in [0, 0.05) is 12.1 Å². The van der Waals surface area contributed by atoms with Crippen molar-refractivity contribution in [2.24, 2.45) is 0 Å². The fourth-order valence-corrected chi connectivity index (χ4v) is 5.62. The van der Waals surface area contributed by atoms with E-state index in [0.29, 0.717) is 11.1 Å². The predicted octanol–water partition coefficient (Wildman–Crippen LogP) is 4.14. The average molecular weight is 404 g/mol. The summed E-state index contributed by atoms with van der Waals surface area (Å²) in [6, 6.07) is 15.6. The van der Waals surface area contributed by atoms with Crippen molar-refractivity contribution in [3.05, 3.63) is 88.6 Å². The Morgan fingerprint density at radius 3 is 2.41 bits per heavy atom. The molecule has 0 fully saturated rings. The van der Waals surface area contributed by atoms with Crippen molar-refractivity contribution in [2.75, 3.05) is 6.54 Å². The minimum Gasteiger partial charge on any atom is -0.350 e. The standard InChI is InChI=1S/C20H18FNO3S2/c1-14-5-2-3-6-17(14)20(23)22-13-18(15-8-10-16(21)11-9-15)27(24,25)19-7-4-12-26-19/h2-12,18H,13H2,1H3,(H,22,23)/t18-/m0/s1. The van der Waals surface area contributed by atoms with E-state index in [1.807, 2.05) is 19.1 Å². The Morgan fingerprint density at radius 1 is 1.07 bits per heavy atom. The van der Waals surface area contributed by atoms with Crippen LogP contribution in [0.2, 0.25) is 0 Å². The molecule has 4 nitrogen and oxygen atoms in total. The maximum Gasteiger partial charge on any atom is 0.251 e. The lowest BCUT2D eigenvalue weighted by Crippen LogP contribution is -2.32. The lowest BCUT2D eigenvalue weighted by Gasteiger charge is -2.18. The summed E-state index contributed by atoms with van der Waals surface area (Å²) in [5, 5.41) is 3.39. The molecule has 0 aliphatic heterocycles. The molecule has 27 heavy (non-hydrogen) atoms. The summed E-state index contributed by atoms with van der Waals surface area (Å²) in [5.41, 5.74) is 1.72. The zero-order chi connectivity index (χ0) is 19.4. The van der Waals surface area contributed by atoms with Gasteiger partial charge in [-0.05, 0) is 47.7 Å². The minimum absolute atomic E-state index is 0.112. The Bertz CT molecular complexity index is 1030. The van der Waals surface area contributed by atoms with Crippen LogP contribution < -0.4 is 5.32 Å². The summed E-state index contributed by atoms with van der Waals surface area (Å²) in [7, 11) is -3.73. The van der Waals surface area contributed by atoms with E-state index < -0.39 is 20.9 Å². The van der Waals surface area contributed by atoms with Crippen molar-refractivity contribution in [3.63, 3.8) is 0 Å². The zero-order valence-corrected chi connectivity index (χ0v) is 16.2. The number of nitrogens with one attached hydrogen (secondary N) is 1. The van der Waals surface area contributed by atoms with Crippen LogP contribution in [0.5, 0.6) is 0 Å². The van der Waals surface area contributed by atoms with Crippen LogP contribution in [0, 0.1) is 12.7 Å². The molecular formula is C20H18FNO3S2. The number of aryl methyl sites for hydroxylation is 1. The van der Waals surface area contributed by atoms with Crippen LogP contribution >= 0.6 is 11.3 Å². The van der Waals surface area contributed by atoms with Gasteiger partial charge in [-0.2, -0.15) is 0 Å². The molecule has 0 saturated carbocycles. The van der Waals surface area contributed by atoms with Gasteiger partial charge in [0.2, 0.25) is 0 Å². The van der Waals surface area contributed by atoms with Crippen LogP contribution in [-0.4, -0.2) is 20.9 Å². The molecule has 1 atom stereocenters. The molecule has 0 saturated heterocycles. The normalized spacial score (nSPS) is 12.5. The van der Waals surface area contributed by atoms with E-state index in [0.717, 1.165) is 16.9 Å². The first-order valence-electron chi connectivity index (χ1n) is 8.26. The average Bonchev–Trinajstić information content (AvgIpc) is 3.19. The van der Waals surface area contributed by atoms with E-state index in [1.54, 1.807) is 23.6 Å². The Hall–Kier alpha value is -2.51. The van der Waals surface area contributed by atoms with Gasteiger partial charge in [-0.1, -0.05) is 36.4 Å². The van der Waals surface area contributed by atoms with E-state index in [2.05, 4.69) is 5.32 Å². The maximum atomic E-state index is 13.3. The van der Waals surface area contributed by atoms with Crippen LogP contribution in [0.15, 0.2) is 70.3 Å². The first kappa shape index (κ1) is 19.3. The third kappa shape index (κ3) is 4.26. The summed E-state index contributed by atoms with van der Waals surface area (Å²) in [4.78, 5) is 12.5. The number of rotatable bonds is 6. The molecule has 1 N–H and O–H groups in total. The first-order chi connectivity index (χ1) is 12.9. The Kier molecular flexibility index (Phi) is 5.72. The van der Waals surface area contributed by atoms with Gasteiger partial charge in [0.15, 0.2) is 9.84 Å². The lowest BCUT2D eigenvalue weighted by molar-refractivity contribution is 0.0953. The van der Waals surface area contributed by atoms with Crippen molar-refractivity contribution < 1.29 is 17.6 Å². The molecule has 0 spiro atoms. The van der Waals surface area contributed by atoms with Crippen LogP contribution in [0.25, 0.3) is 0 Å². The minimum atomic E-state index is -3.73. The van der Waals surface area contributed by atoms with E-state index in [9.17, 15) is 17.6 Å². The number of halogens is 1. The van der Waals surface area contributed by atoms with E-state index in [1.165, 1.54) is 30.3 Å². The smallest absolute Gasteiger partial charge is 0.251 e. The fourth-order valence-electron chi connectivity index (χ4n) is 2.76. The molecular weight excluding hydrogens is 385 g/mol. The van der Waals surface area contributed by atoms with Gasteiger partial charge in [0.1, 0.15) is 15.3 Å². The molecule has 3 aromatic rings. The Labute approximate surface area is 161 Å². The molecule has 0 aliphatic rings. The van der Waals surface area contributed by atoms with Gasteiger partial charge in [-0.15, -0.1) is 11.3 Å².